The molecule has 0 spiro atoms. The van der Waals surface area contributed by atoms with Crippen molar-refractivity contribution in [2.24, 2.45) is 0 Å². The van der Waals surface area contributed by atoms with Gasteiger partial charge in [-0.05, 0) is 31.2 Å². The largest absolute Gasteiger partial charge is 0.341 e. The molecule has 6 nitrogen and oxygen atoms in total. The lowest BCUT2D eigenvalue weighted by Gasteiger charge is -2.12. The minimum atomic E-state index is -0.706. The summed E-state index contributed by atoms with van der Waals surface area (Å²) in [5.74, 6) is -0.658. The maximum atomic E-state index is 12.3. The van der Waals surface area contributed by atoms with Crippen LogP contribution in [0, 0.1) is 0 Å². The Hall–Kier alpha value is -2.58. The van der Waals surface area contributed by atoms with E-state index in [1.54, 1.807) is 31.2 Å². The van der Waals surface area contributed by atoms with Gasteiger partial charge < -0.3 is 5.32 Å². The molecule has 0 saturated heterocycles. The molecule has 0 aliphatic rings. The number of anilines is 1. The zero-order valence-electron chi connectivity index (χ0n) is 13.8. The van der Waals surface area contributed by atoms with E-state index in [1.165, 1.54) is 11.3 Å². The SMILES string of the molecule is C[C@@H](NC(=O)c1ccccc1)C(=O)Nc1nnc(-c2ccc(Br)cc2)s1. The lowest BCUT2D eigenvalue weighted by Crippen LogP contribution is -2.41. The van der Waals surface area contributed by atoms with Crippen LogP contribution < -0.4 is 10.6 Å². The van der Waals surface area contributed by atoms with E-state index in [0.29, 0.717) is 15.7 Å². The van der Waals surface area contributed by atoms with Crippen LogP contribution in [0.3, 0.4) is 0 Å². The minimum Gasteiger partial charge on any atom is -0.341 e. The second-order valence-electron chi connectivity index (χ2n) is 5.47. The van der Waals surface area contributed by atoms with Crippen molar-refractivity contribution in [3.8, 4) is 10.6 Å². The number of aromatic nitrogens is 2. The van der Waals surface area contributed by atoms with Crippen molar-refractivity contribution in [2.75, 3.05) is 5.32 Å². The van der Waals surface area contributed by atoms with E-state index in [4.69, 9.17) is 0 Å². The Kier molecular flexibility index (Phi) is 5.75. The van der Waals surface area contributed by atoms with E-state index in [1.807, 2.05) is 30.3 Å². The van der Waals surface area contributed by atoms with Gasteiger partial charge in [0.2, 0.25) is 11.0 Å². The van der Waals surface area contributed by atoms with Crippen LogP contribution in [0.1, 0.15) is 17.3 Å². The predicted molar refractivity (Wildman–Crippen MR) is 105 cm³/mol. The molecule has 0 saturated carbocycles. The number of carbonyl (C=O) groups excluding carboxylic acids is 2. The third-order valence-corrected chi connectivity index (χ3v) is 4.94. The molecule has 0 unspecified atom stereocenters. The molecule has 0 radical (unpaired) electrons. The number of amides is 2. The Morgan fingerprint density at radius 3 is 2.42 bits per heavy atom. The van der Waals surface area contributed by atoms with Gasteiger partial charge in [0.25, 0.3) is 5.91 Å². The molecule has 3 rings (SSSR count). The molecule has 0 aliphatic carbocycles. The summed E-state index contributed by atoms with van der Waals surface area (Å²) in [5.41, 5.74) is 1.41. The molecule has 1 aromatic heterocycles. The number of benzene rings is 2. The topological polar surface area (TPSA) is 84.0 Å². The number of rotatable bonds is 5. The Morgan fingerprint density at radius 1 is 1.04 bits per heavy atom. The fourth-order valence-electron chi connectivity index (χ4n) is 2.13. The van der Waals surface area contributed by atoms with E-state index in [2.05, 4.69) is 36.8 Å². The average molecular weight is 431 g/mol. The number of hydrogen-bond acceptors (Lipinski definition) is 5. The van der Waals surface area contributed by atoms with Crippen LogP contribution in [-0.2, 0) is 4.79 Å². The molecule has 0 fully saturated rings. The zero-order chi connectivity index (χ0) is 18.5. The van der Waals surface area contributed by atoms with Gasteiger partial charge in [-0.2, -0.15) is 0 Å². The molecule has 2 aromatic carbocycles. The molecular weight excluding hydrogens is 416 g/mol. The summed E-state index contributed by atoms with van der Waals surface area (Å²) in [7, 11) is 0. The van der Waals surface area contributed by atoms with E-state index in [-0.39, 0.29) is 11.8 Å². The first-order valence-electron chi connectivity index (χ1n) is 7.79. The van der Waals surface area contributed by atoms with Crippen LogP contribution in [0.2, 0.25) is 0 Å². The van der Waals surface area contributed by atoms with E-state index in [9.17, 15) is 9.59 Å². The van der Waals surface area contributed by atoms with Crippen molar-refractivity contribution in [3.05, 3.63) is 64.6 Å². The van der Waals surface area contributed by atoms with Crippen molar-refractivity contribution in [2.45, 2.75) is 13.0 Å². The van der Waals surface area contributed by atoms with Crippen LogP contribution in [-0.4, -0.2) is 28.1 Å². The molecule has 3 aromatic rings. The number of halogens is 1. The van der Waals surface area contributed by atoms with Gasteiger partial charge in [-0.3, -0.25) is 14.9 Å². The normalized spacial score (nSPS) is 11.6. The Balaban J connectivity index is 1.61. The van der Waals surface area contributed by atoms with Crippen molar-refractivity contribution >= 4 is 44.2 Å². The summed E-state index contributed by atoms with van der Waals surface area (Å²) < 4.78 is 0.974. The molecule has 0 bridgehead atoms. The average Bonchev–Trinajstić information content (AvgIpc) is 3.11. The predicted octanol–water partition coefficient (Wildman–Crippen LogP) is 3.72. The Bertz CT molecular complexity index is 912. The number of nitrogens with one attached hydrogen (secondary N) is 2. The van der Waals surface area contributed by atoms with Gasteiger partial charge in [0.1, 0.15) is 11.0 Å². The van der Waals surface area contributed by atoms with Crippen LogP contribution in [0.25, 0.3) is 10.6 Å². The van der Waals surface area contributed by atoms with Crippen LogP contribution in [0.15, 0.2) is 59.1 Å². The molecule has 0 aliphatic heterocycles. The number of carbonyl (C=O) groups is 2. The van der Waals surface area contributed by atoms with E-state index in [0.717, 1.165) is 10.0 Å². The van der Waals surface area contributed by atoms with Gasteiger partial charge in [-0.25, -0.2) is 0 Å². The highest BCUT2D eigenvalue weighted by molar-refractivity contribution is 9.10. The van der Waals surface area contributed by atoms with Crippen molar-refractivity contribution < 1.29 is 9.59 Å². The summed E-state index contributed by atoms with van der Waals surface area (Å²) in [4.78, 5) is 24.4. The van der Waals surface area contributed by atoms with Gasteiger partial charge in [0.05, 0.1) is 0 Å². The lowest BCUT2D eigenvalue weighted by atomic mass is 10.2. The molecule has 2 amide bonds. The third kappa shape index (κ3) is 4.53. The van der Waals surface area contributed by atoms with Gasteiger partial charge in [0.15, 0.2) is 0 Å². The van der Waals surface area contributed by atoms with Crippen LogP contribution in [0.5, 0.6) is 0 Å². The second kappa shape index (κ2) is 8.20. The van der Waals surface area contributed by atoms with Crippen molar-refractivity contribution in [1.82, 2.24) is 15.5 Å². The Labute approximate surface area is 162 Å². The van der Waals surface area contributed by atoms with E-state index < -0.39 is 6.04 Å². The van der Waals surface area contributed by atoms with E-state index >= 15 is 0 Å². The van der Waals surface area contributed by atoms with Gasteiger partial charge in [0, 0.05) is 15.6 Å². The standard InChI is InChI=1S/C18H15BrN4O2S/c1-11(20-16(25)12-5-3-2-4-6-12)15(24)21-18-23-22-17(26-18)13-7-9-14(19)10-8-13/h2-11H,1H3,(H,20,25)(H,21,23,24)/t11-/m1/s1. The van der Waals surface area contributed by atoms with Crippen LogP contribution >= 0.6 is 27.3 Å². The zero-order valence-corrected chi connectivity index (χ0v) is 16.2. The molecule has 132 valence electrons. The minimum absolute atomic E-state index is 0.305. The number of hydrogen-bond donors (Lipinski definition) is 2. The maximum Gasteiger partial charge on any atom is 0.251 e. The Morgan fingerprint density at radius 2 is 1.73 bits per heavy atom. The quantitative estimate of drug-likeness (QED) is 0.645. The monoisotopic (exact) mass is 430 g/mol. The first kappa shape index (κ1) is 18.2. The first-order chi connectivity index (χ1) is 12.5. The van der Waals surface area contributed by atoms with Gasteiger partial charge in [-0.1, -0.05) is 57.6 Å². The molecular formula is C18H15BrN4O2S. The van der Waals surface area contributed by atoms with Crippen molar-refractivity contribution in [1.29, 1.82) is 0 Å². The highest BCUT2D eigenvalue weighted by Crippen LogP contribution is 2.27. The fourth-order valence-corrected chi connectivity index (χ4v) is 3.15. The second-order valence-corrected chi connectivity index (χ2v) is 7.36. The van der Waals surface area contributed by atoms with Gasteiger partial charge in [-0.15, -0.1) is 10.2 Å². The van der Waals surface area contributed by atoms with Crippen LogP contribution in [0.4, 0.5) is 5.13 Å². The highest BCUT2D eigenvalue weighted by atomic mass is 79.9. The summed E-state index contributed by atoms with van der Waals surface area (Å²) in [5, 5.41) is 14.5. The maximum absolute atomic E-state index is 12.3. The third-order valence-electron chi connectivity index (χ3n) is 3.52. The molecule has 1 atom stereocenters. The molecule has 26 heavy (non-hydrogen) atoms. The summed E-state index contributed by atoms with van der Waals surface area (Å²) in [6, 6.07) is 15.7. The van der Waals surface area contributed by atoms with Gasteiger partial charge >= 0.3 is 0 Å². The fraction of sp³-hybridized carbons (Fsp3) is 0.111. The smallest absolute Gasteiger partial charge is 0.251 e. The summed E-state index contributed by atoms with van der Waals surface area (Å²) >= 11 is 4.65. The summed E-state index contributed by atoms with van der Waals surface area (Å²) in [6.07, 6.45) is 0. The summed E-state index contributed by atoms with van der Waals surface area (Å²) in [6.45, 7) is 1.62. The lowest BCUT2D eigenvalue weighted by molar-refractivity contribution is -0.117. The molecule has 2 N–H and O–H groups in total. The molecule has 8 heteroatoms. The molecule has 1 heterocycles. The van der Waals surface area contributed by atoms with Crippen molar-refractivity contribution in [3.63, 3.8) is 0 Å². The highest BCUT2D eigenvalue weighted by Gasteiger charge is 2.18. The number of nitrogens with zero attached hydrogens (tertiary/aromatic N) is 2. The first-order valence-corrected chi connectivity index (χ1v) is 9.40.